The molecule has 2 aromatic rings. The number of nitrogens with zero attached hydrogens (tertiary/aromatic N) is 3. The average Bonchev–Trinajstić information content (AvgIpc) is 2.89. The van der Waals surface area contributed by atoms with Crippen LogP contribution in [0.25, 0.3) is 11.3 Å². The number of allylic oxidation sites excluding steroid dienone is 2. The van der Waals surface area contributed by atoms with Gasteiger partial charge in [-0.3, -0.25) is 0 Å². The summed E-state index contributed by atoms with van der Waals surface area (Å²) in [5.74, 6) is 0.994. The Balaban J connectivity index is 2.57. The van der Waals surface area contributed by atoms with Gasteiger partial charge in [-0.25, -0.2) is 4.68 Å². The number of hydrogen-bond acceptors (Lipinski definition) is 3. The third-order valence-corrected chi connectivity index (χ3v) is 3.71. The van der Waals surface area contributed by atoms with E-state index in [2.05, 4.69) is 36.8 Å². The van der Waals surface area contributed by atoms with Gasteiger partial charge in [-0.15, -0.1) is 0 Å². The first-order valence-electron chi connectivity index (χ1n) is 7.50. The van der Waals surface area contributed by atoms with Gasteiger partial charge in [0.05, 0.1) is 11.4 Å². The van der Waals surface area contributed by atoms with Crippen molar-refractivity contribution in [2.24, 2.45) is 0 Å². The molecule has 0 aliphatic rings. The van der Waals surface area contributed by atoms with Crippen LogP contribution < -0.4 is 5.32 Å². The second-order valence-electron chi connectivity index (χ2n) is 5.18. The van der Waals surface area contributed by atoms with Crippen LogP contribution in [0, 0.1) is 6.92 Å². The van der Waals surface area contributed by atoms with Crippen molar-refractivity contribution in [3.63, 3.8) is 0 Å². The second-order valence-corrected chi connectivity index (χ2v) is 5.18. The molecule has 22 heavy (non-hydrogen) atoms. The summed E-state index contributed by atoms with van der Waals surface area (Å²) in [4.78, 5) is 2.12. The first-order chi connectivity index (χ1) is 10.6. The molecule has 1 N–H and O–H groups in total. The monoisotopic (exact) mass is 296 g/mol. The quantitative estimate of drug-likeness (QED) is 0.825. The van der Waals surface area contributed by atoms with Crippen molar-refractivity contribution in [1.82, 2.24) is 14.7 Å². The maximum atomic E-state index is 4.80. The van der Waals surface area contributed by atoms with E-state index in [4.69, 9.17) is 5.10 Å². The minimum Gasteiger partial charge on any atom is -0.380 e. The van der Waals surface area contributed by atoms with Crippen molar-refractivity contribution >= 4 is 11.4 Å². The summed E-state index contributed by atoms with van der Waals surface area (Å²) in [7, 11) is 3.97. The van der Waals surface area contributed by atoms with Gasteiger partial charge in [0.15, 0.2) is 0 Å². The van der Waals surface area contributed by atoms with Crippen LogP contribution in [0.1, 0.15) is 18.2 Å². The topological polar surface area (TPSA) is 33.1 Å². The van der Waals surface area contributed by atoms with Crippen molar-refractivity contribution in [3.05, 3.63) is 60.4 Å². The molecule has 0 radical (unpaired) electrons. The summed E-state index contributed by atoms with van der Waals surface area (Å²) < 4.78 is 1.94. The van der Waals surface area contributed by atoms with E-state index >= 15 is 0 Å². The minimum absolute atomic E-state index is 0.939. The Bertz CT molecular complexity index is 668. The zero-order valence-electron chi connectivity index (χ0n) is 13.8. The van der Waals surface area contributed by atoms with E-state index in [1.54, 1.807) is 0 Å². The summed E-state index contributed by atoms with van der Waals surface area (Å²) >= 11 is 0. The fourth-order valence-corrected chi connectivity index (χ4v) is 2.36. The van der Waals surface area contributed by atoms with Crippen LogP contribution in [0.4, 0.5) is 5.82 Å². The largest absolute Gasteiger partial charge is 0.380 e. The van der Waals surface area contributed by atoms with Crippen LogP contribution in [-0.2, 0) is 0 Å². The van der Waals surface area contributed by atoms with E-state index in [-0.39, 0.29) is 0 Å². The zero-order chi connectivity index (χ0) is 16.1. The molecule has 4 nitrogen and oxygen atoms in total. The highest BCUT2D eigenvalue weighted by Crippen LogP contribution is 2.28. The average molecular weight is 296 g/mol. The Morgan fingerprint density at radius 2 is 2.05 bits per heavy atom. The predicted molar refractivity (Wildman–Crippen MR) is 94.3 cm³/mol. The number of benzene rings is 1. The lowest BCUT2D eigenvalue weighted by Crippen LogP contribution is -2.09. The number of hydrogen-bond donors (Lipinski definition) is 1. The van der Waals surface area contributed by atoms with Gasteiger partial charge in [0.2, 0.25) is 0 Å². The zero-order valence-corrected chi connectivity index (χ0v) is 13.8. The summed E-state index contributed by atoms with van der Waals surface area (Å²) in [6.45, 7) is 9.07. The molecule has 0 saturated carbocycles. The first-order valence-corrected chi connectivity index (χ1v) is 7.50. The molecular weight excluding hydrogens is 272 g/mol. The van der Waals surface area contributed by atoms with Gasteiger partial charge >= 0.3 is 0 Å². The predicted octanol–water partition coefficient (Wildman–Crippen LogP) is 3.70. The van der Waals surface area contributed by atoms with E-state index in [1.807, 2.05) is 55.2 Å². The molecule has 0 spiro atoms. The highest BCUT2D eigenvalue weighted by Gasteiger charge is 2.16. The lowest BCUT2D eigenvalue weighted by molar-refractivity contribution is 0.486. The van der Waals surface area contributed by atoms with Crippen molar-refractivity contribution < 1.29 is 0 Å². The normalized spacial score (nSPS) is 11.4. The molecular formula is C18H24N4. The van der Waals surface area contributed by atoms with Crippen LogP contribution in [0.15, 0.2) is 49.2 Å². The van der Waals surface area contributed by atoms with Crippen LogP contribution >= 0.6 is 0 Å². The Kier molecular flexibility index (Phi) is 5.04. The van der Waals surface area contributed by atoms with Gasteiger partial charge < -0.3 is 10.2 Å². The maximum absolute atomic E-state index is 4.80. The molecule has 0 unspecified atom stereocenters. The number of rotatable bonds is 6. The molecule has 1 aromatic carbocycles. The number of para-hydroxylation sites is 1. The number of nitrogens with one attached hydrogen (secondary N) is 1. The Hall–Kier alpha value is -2.49. The van der Waals surface area contributed by atoms with Crippen molar-refractivity contribution in [1.29, 1.82) is 0 Å². The van der Waals surface area contributed by atoms with Gasteiger partial charge in [0, 0.05) is 38.0 Å². The standard InChI is InChI=1S/C18H24N4/c1-6-15(13-21(5)7-2)17-14(3)18(19-4)22(20-17)16-11-9-8-10-12-16/h6,8-13,19H,1,7H2,2-5H3/b15-13+. The summed E-state index contributed by atoms with van der Waals surface area (Å²) in [6, 6.07) is 10.1. The third-order valence-electron chi connectivity index (χ3n) is 3.71. The fourth-order valence-electron chi connectivity index (χ4n) is 2.36. The van der Waals surface area contributed by atoms with E-state index in [0.29, 0.717) is 0 Å². The minimum atomic E-state index is 0.939. The molecule has 2 rings (SSSR count). The Morgan fingerprint density at radius 3 is 2.59 bits per heavy atom. The molecule has 0 aliphatic heterocycles. The van der Waals surface area contributed by atoms with E-state index in [1.165, 1.54) is 0 Å². The highest BCUT2D eigenvalue weighted by molar-refractivity contribution is 5.76. The smallest absolute Gasteiger partial charge is 0.133 e. The fraction of sp³-hybridized carbons (Fsp3) is 0.278. The number of aromatic nitrogens is 2. The van der Waals surface area contributed by atoms with Crippen molar-refractivity contribution in [2.45, 2.75) is 13.8 Å². The third kappa shape index (κ3) is 3.06. The molecule has 0 bridgehead atoms. The first kappa shape index (κ1) is 15.9. The highest BCUT2D eigenvalue weighted by atomic mass is 15.3. The molecule has 0 saturated heterocycles. The molecule has 1 heterocycles. The molecule has 116 valence electrons. The van der Waals surface area contributed by atoms with Crippen molar-refractivity contribution in [2.75, 3.05) is 26.0 Å². The molecule has 0 atom stereocenters. The van der Waals surface area contributed by atoms with Crippen molar-refractivity contribution in [3.8, 4) is 5.69 Å². The van der Waals surface area contributed by atoms with E-state index in [0.717, 1.165) is 34.9 Å². The summed E-state index contributed by atoms with van der Waals surface area (Å²) in [5, 5.41) is 8.05. The SMILES string of the molecule is C=C/C(=C\N(C)CC)c1nn(-c2ccccc2)c(NC)c1C. The van der Waals surface area contributed by atoms with E-state index < -0.39 is 0 Å². The van der Waals surface area contributed by atoms with Gasteiger partial charge in [-0.05, 0) is 26.0 Å². The Labute approximate surface area is 132 Å². The van der Waals surface area contributed by atoms with Gasteiger partial charge in [0.25, 0.3) is 0 Å². The summed E-state index contributed by atoms with van der Waals surface area (Å²) in [6.07, 6.45) is 3.94. The Morgan fingerprint density at radius 1 is 1.36 bits per heavy atom. The van der Waals surface area contributed by atoms with Crippen LogP contribution in [0.5, 0.6) is 0 Å². The van der Waals surface area contributed by atoms with Gasteiger partial charge in [-0.2, -0.15) is 5.10 Å². The molecule has 0 aliphatic carbocycles. The summed E-state index contributed by atoms with van der Waals surface area (Å²) in [5.41, 5.74) is 4.12. The maximum Gasteiger partial charge on any atom is 0.133 e. The molecule has 1 aromatic heterocycles. The molecule has 4 heteroatoms. The van der Waals surface area contributed by atoms with E-state index in [9.17, 15) is 0 Å². The molecule has 0 fully saturated rings. The van der Waals surface area contributed by atoms with Crippen LogP contribution in [-0.4, -0.2) is 35.3 Å². The number of anilines is 1. The molecule has 0 amide bonds. The van der Waals surface area contributed by atoms with Crippen LogP contribution in [0.2, 0.25) is 0 Å². The van der Waals surface area contributed by atoms with Crippen LogP contribution in [0.3, 0.4) is 0 Å². The lowest BCUT2D eigenvalue weighted by atomic mass is 10.1. The second kappa shape index (κ2) is 6.98. The van der Waals surface area contributed by atoms with Gasteiger partial charge in [0.1, 0.15) is 5.82 Å². The lowest BCUT2D eigenvalue weighted by Gasteiger charge is -2.12. The van der Waals surface area contributed by atoms with Gasteiger partial charge in [-0.1, -0.05) is 30.9 Å².